The minimum absolute atomic E-state index is 0.335. The van der Waals surface area contributed by atoms with Crippen LogP contribution < -0.4 is 9.64 Å². The Kier molecular flexibility index (Phi) is 4.13. The Labute approximate surface area is 156 Å². The smallest absolute Gasteiger partial charge is 0.298 e. The van der Waals surface area contributed by atoms with Gasteiger partial charge < -0.3 is 23.6 Å². The van der Waals surface area contributed by atoms with E-state index in [9.17, 15) is 10.4 Å². The number of nitrogens with zero attached hydrogens (tertiary/aromatic N) is 3. The number of oxazole rings is 1. The van der Waals surface area contributed by atoms with E-state index in [0.717, 1.165) is 0 Å². The normalized spacial score (nSPS) is 20.4. The van der Waals surface area contributed by atoms with Gasteiger partial charge in [0.25, 0.3) is 6.01 Å². The second kappa shape index (κ2) is 6.49. The van der Waals surface area contributed by atoms with Gasteiger partial charge in [-0.25, -0.2) is 4.98 Å². The number of hydrogen-bond acceptors (Lipinski definition) is 7. The Balaban J connectivity index is 1.86. The van der Waals surface area contributed by atoms with Gasteiger partial charge >= 0.3 is 0 Å². The van der Waals surface area contributed by atoms with Crippen LogP contribution in [0.2, 0.25) is 0 Å². The predicted molar refractivity (Wildman–Crippen MR) is 96.0 cm³/mol. The number of rotatable bonds is 4. The molecular weight excluding hydrogens is 346 g/mol. The maximum absolute atomic E-state index is 11.2. The zero-order chi connectivity index (χ0) is 19.0. The van der Waals surface area contributed by atoms with E-state index in [1.54, 1.807) is 36.7 Å². The maximum atomic E-state index is 11.2. The SMILES string of the molecule is CC1(C)Oc2ccc(C#N)cc2[C@H](N(Cc2ccco2)c2ncco2)[C@H]1O. The van der Waals surface area contributed by atoms with Crippen molar-refractivity contribution in [3.05, 3.63) is 65.9 Å². The third-order valence-corrected chi connectivity index (χ3v) is 4.75. The first kappa shape index (κ1) is 17.2. The molecule has 4 rings (SSSR count). The van der Waals surface area contributed by atoms with E-state index in [0.29, 0.717) is 35.2 Å². The number of fused-ring (bicyclic) bond motifs is 1. The lowest BCUT2D eigenvalue weighted by Gasteiger charge is -2.45. The summed E-state index contributed by atoms with van der Waals surface area (Å²) in [5, 5.41) is 20.5. The van der Waals surface area contributed by atoms with Crippen molar-refractivity contribution in [2.75, 3.05) is 4.90 Å². The zero-order valence-electron chi connectivity index (χ0n) is 15.0. The maximum Gasteiger partial charge on any atom is 0.298 e. The molecule has 0 spiro atoms. The lowest BCUT2D eigenvalue weighted by Crippen LogP contribution is -2.53. The molecule has 0 fully saturated rings. The lowest BCUT2D eigenvalue weighted by atomic mass is 9.85. The molecule has 2 atom stereocenters. The van der Waals surface area contributed by atoms with Gasteiger partial charge in [-0.1, -0.05) is 0 Å². The van der Waals surface area contributed by atoms with Crippen molar-refractivity contribution >= 4 is 6.01 Å². The number of aromatic nitrogens is 1. The molecule has 1 N–H and O–H groups in total. The van der Waals surface area contributed by atoms with Gasteiger partial charge in [0, 0.05) is 5.56 Å². The van der Waals surface area contributed by atoms with Crippen LogP contribution in [0.3, 0.4) is 0 Å². The molecule has 2 aromatic heterocycles. The molecule has 0 aliphatic carbocycles. The minimum atomic E-state index is -0.902. The van der Waals surface area contributed by atoms with Gasteiger partial charge in [-0.05, 0) is 44.2 Å². The van der Waals surface area contributed by atoms with Gasteiger partial charge in [-0.2, -0.15) is 5.26 Å². The van der Waals surface area contributed by atoms with Crippen LogP contribution in [0, 0.1) is 11.3 Å². The van der Waals surface area contributed by atoms with Crippen LogP contribution in [0.4, 0.5) is 6.01 Å². The summed E-state index contributed by atoms with van der Waals surface area (Å²) in [5.41, 5.74) is 0.338. The van der Waals surface area contributed by atoms with E-state index in [2.05, 4.69) is 11.1 Å². The quantitative estimate of drug-likeness (QED) is 0.757. The fourth-order valence-corrected chi connectivity index (χ4v) is 3.39. The van der Waals surface area contributed by atoms with Crippen molar-refractivity contribution < 1.29 is 18.7 Å². The van der Waals surface area contributed by atoms with Crippen LogP contribution in [0.25, 0.3) is 0 Å². The van der Waals surface area contributed by atoms with E-state index >= 15 is 0 Å². The highest BCUT2D eigenvalue weighted by Crippen LogP contribution is 2.44. The molecule has 0 unspecified atom stereocenters. The number of aliphatic hydroxyl groups excluding tert-OH is 1. The average molecular weight is 365 g/mol. The van der Waals surface area contributed by atoms with Gasteiger partial charge in [0.2, 0.25) is 0 Å². The van der Waals surface area contributed by atoms with Gasteiger partial charge in [0.1, 0.15) is 29.5 Å². The number of anilines is 1. The Hall–Kier alpha value is -3.24. The molecule has 0 amide bonds. The molecule has 138 valence electrons. The molecule has 1 aromatic carbocycles. The van der Waals surface area contributed by atoms with Gasteiger partial charge in [0.05, 0.1) is 36.7 Å². The minimum Gasteiger partial charge on any atom is -0.485 e. The van der Waals surface area contributed by atoms with Crippen molar-refractivity contribution in [3.8, 4) is 11.8 Å². The molecule has 0 bridgehead atoms. The summed E-state index contributed by atoms with van der Waals surface area (Å²) in [7, 11) is 0. The van der Waals surface area contributed by atoms with Crippen molar-refractivity contribution in [2.24, 2.45) is 0 Å². The molecule has 1 aliphatic rings. The highest BCUT2D eigenvalue weighted by Gasteiger charge is 2.46. The molecule has 0 saturated carbocycles. The number of aliphatic hydroxyl groups is 1. The number of benzene rings is 1. The largest absolute Gasteiger partial charge is 0.485 e. The Bertz CT molecular complexity index is 958. The summed E-state index contributed by atoms with van der Waals surface area (Å²) in [6.07, 6.45) is 3.72. The molecule has 3 aromatic rings. The monoisotopic (exact) mass is 365 g/mol. The van der Waals surface area contributed by atoms with Crippen LogP contribution in [-0.2, 0) is 6.54 Å². The van der Waals surface area contributed by atoms with E-state index in [1.807, 2.05) is 24.8 Å². The van der Waals surface area contributed by atoms with E-state index in [-0.39, 0.29) is 0 Å². The zero-order valence-corrected chi connectivity index (χ0v) is 15.0. The lowest BCUT2D eigenvalue weighted by molar-refractivity contribution is -0.0598. The number of ether oxygens (including phenoxy) is 1. The summed E-state index contributed by atoms with van der Waals surface area (Å²) < 4.78 is 17.0. The topological polar surface area (TPSA) is 95.7 Å². The van der Waals surface area contributed by atoms with Crippen molar-refractivity contribution in [3.63, 3.8) is 0 Å². The van der Waals surface area contributed by atoms with Gasteiger partial charge in [-0.3, -0.25) is 0 Å². The summed E-state index contributed by atoms with van der Waals surface area (Å²) in [5.74, 6) is 1.31. The highest BCUT2D eigenvalue weighted by molar-refractivity contribution is 5.50. The first-order valence-corrected chi connectivity index (χ1v) is 8.59. The Morgan fingerprint density at radius 1 is 1.26 bits per heavy atom. The van der Waals surface area contributed by atoms with E-state index in [4.69, 9.17) is 13.6 Å². The molecule has 3 heterocycles. The summed E-state index contributed by atoms with van der Waals surface area (Å²) in [6.45, 7) is 3.99. The molecule has 7 nitrogen and oxygen atoms in total. The van der Waals surface area contributed by atoms with Crippen LogP contribution in [0.1, 0.15) is 36.8 Å². The third-order valence-electron chi connectivity index (χ3n) is 4.75. The van der Waals surface area contributed by atoms with Crippen molar-refractivity contribution in [1.29, 1.82) is 5.26 Å². The standard InChI is InChI=1S/C20H19N3O4/c1-20(2)18(24)17(15-10-13(11-21)5-6-16(15)27-20)23(19-22-7-9-26-19)12-14-4-3-8-25-14/h3-10,17-18,24H,12H2,1-2H3/t17-,18+/m0/s1. The summed E-state index contributed by atoms with van der Waals surface area (Å²) in [6, 6.07) is 10.8. The van der Waals surface area contributed by atoms with Gasteiger partial charge in [-0.15, -0.1) is 0 Å². The first-order valence-electron chi connectivity index (χ1n) is 8.59. The second-order valence-corrected chi connectivity index (χ2v) is 6.98. The molecule has 0 saturated heterocycles. The Morgan fingerprint density at radius 2 is 2.11 bits per heavy atom. The van der Waals surface area contributed by atoms with Crippen LogP contribution >= 0.6 is 0 Å². The highest BCUT2D eigenvalue weighted by atomic mass is 16.5. The summed E-state index contributed by atoms with van der Waals surface area (Å²) >= 11 is 0. The van der Waals surface area contributed by atoms with Crippen molar-refractivity contribution in [2.45, 2.75) is 38.1 Å². The number of nitriles is 1. The third kappa shape index (κ3) is 3.04. The molecule has 7 heteroatoms. The molecule has 27 heavy (non-hydrogen) atoms. The molecule has 0 radical (unpaired) electrons. The molecular formula is C20H19N3O4. The van der Waals surface area contributed by atoms with Crippen LogP contribution in [0.5, 0.6) is 5.75 Å². The average Bonchev–Trinajstić information content (AvgIpc) is 3.35. The van der Waals surface area contributed by atoms with Crippen molar-refractivity contribution in [1.82, 2.24) is 4.98 Å². The fraction of sp³-hybridized carbons (Fsp3) is 0.300. The van der Waals surface area contributed by atoms with E-state index in [1.165, 1.54) is 6.26 Å². The fourth-order valence-electron chi connectivity index (χ4n) is 3.39. The van der Waals surface area contributed by atoms with Crippen LogP contribution in [0.15, 0.2) is 57.9 Å². The molecule has 1 aliphatic heterocycles. The van der Waals surface area contributed by atoms with E-state index < -0.39 is 17.7 Å². The first-order chi connectivity index (χ1) is 13.0. The van der Waals surface area contributed by atoms with Gasteiger partial charge in [0.15, 0.2) is 0 Å². The second-order valence-electron chi connectivity index (χ2n) is 6.98. The van der Waals surface area contributed by atoms with Crippen LogP contribution in [-0.4, -0.2) is 21.8 Å². The predicted octanol–water partition coefficient (Wildman–Crippen LogP) is 3.42. The summed E-state index contributed by atoms with van der Waals surface area (Å²) in [4.78, 5) is 6.10. The number of hydrogen-bond donors (Lipinski definition) is 1. The Morgan fingerprint density at radius 3 is 2.78 bits per heavy atom. The number of furan rings is 1.